The Morgan fingerprint density at radius 2 is 2.14 bits per heavy atom. The maximum Gasteiger partial charge on any atom is 0.273 e. The van der Waals surface area contributed by atoms with Gasteiger partial charge in [0.2, 0.25) is 6.43 Å². The van der Waals surface area contributed by atoms with E-state index in [-0.39, 0.29) is 5.56 Å². The Hall–Kier alpha value is -3.27. The molecule has 4 aromatic heterocycles. The van der Waals surface area contributed by atoms with E-state index in [0.717, 1.165) is 0 Å². The predicted octanol–water partition coefficient (Wildman–Crippen LogP) is 3.45. The summed E-state index contributed by atoms with van der Waals surface area (Å²) >= 11 is 1.40. The average Bonchev–Trinajstić information content (AvgIpc) is 3.31. The first-order chi connectivity index (χ1) is 13.5. The number of hydrogen-bond acceptors (Lipinski definition) is 6. The molecule has 0 radical (unpaired) electrons. The standard InChI is InChI=1S/C18H14F2N6OS/c1-10-13(8-23-15(24-10)18-22-5-6-28-18)17(27)25-26-9-11(7-14(19)20)12-3-2-4-21-16(12)26/h2-6,8-9,14H,7H2,1H3,(H,25,27). The summed E-state index contributed by atoms with van der Waals surface area (Å²) in [6.07, 6.45) is 3.16. The Morgan fingerprint density at radius 1 is 1.29 bits per heavy atom. The van der Waals surface area contributed by atoms with Crippen LogP contribution in [0.15, 0.2) is 42.3 Å². The van der Waals surface area contributed by atoms with Gasteiger partial charge >= 0.3 is 0 Å². The van der Waals surface area contributed by atoms with Crippen LogP contribution in [0.1, 0.15) is 21.6 Å². The van der Waals surface area contributed by atoms with Gasteiger partial charge in [0, 0.05) is 42.0 Å². The highest BCUT2D eigenvalue weighted by Gasteiger charge is 2.18. The molecular weight excluding hydrogens is 386 g/mol. The van der Waals surface area contributed by atoms with Gasteiger partial charge in [0.1, 0.15) is 0 Å². The van der Waals surface area contributed by atoms with Crippen molar-refractivity contribution in [1.29, 1.82) is 0 Å². The number of nitrogens with zero attached hydrogens (tertiary/aromatic N) is 5. The molecule has 0 aliphatic rings. The van der Waals surface area contributed by atoms with Crippen molar-refractivity contribution in [1.82, 2.24) is 24.6 Å². The van der Waals surface area contributed by atoms with Gasteiger partial charge in [0.25, 0.3) is 5.91 Å². The van der Waals surface area contributed by atoms with Gasteiger partial charge in [0.15, 0.2) is 16.5 Å². The third-order valence-electron chi connectivity index (χ3n) is 4.09. The normalized spacial score (nSPS) is 11.3. The molecule has 0 spiro atoms. The minimum Gasteiger partial charge on any atom is -0.267 e. The summed E-state index contributed by atoms with van der Waals surface area (Å²) in [6, 6.07) is 3.36. The molecule has 1 N–H and O–H groups in total. The van der Waals surface area contributed by atoms with Gasteiger partial charge in [-0.15, -0.1) is 11.3 Å². The summed E-state index contributed by atoms with van der Waals surface area (Å²) < 4.78 is 27.1. The number of carbonyl (C=O) groups is 1. The Balaban J connectivity index is 1.64. The molecule has 0 aliphatic carbocycles. The van der Waals surface area contributed by atoms with Crippen LogP contribution in [-0.4, -0.2) is 36.9 Å². The number of nitrogens with one attached hydrogen (secondary N) is 1. The molecular formula is C18H14F2N6OS. The highest BCUT2D eigenvalue weighted by atomic mass is 32.1. The first-order valence-electron chi connectivity index (χ1n) is 8.31. The molecule has 7 nitrogen and oxygen atoms in total. The van der Waals surface area contributed by atoms with Crippen molar-refractivity contribution < 1.29 is 13.6 Å². The summed E-state index contributed by atoms with van der Waals surface area (Å²) in [6.45, 7) is 1.70. The van der Waals surface area contributed by atoms with Crippen LogP contribution in [0.2, 0.25) is 0 Å². The molecule has 28 heavy (non-hydrogen) atoms. The van der Waals surface area contributed by atoms with E-state index in [2.05, 4.69) is 25.4 Å². The van der Waals surface area contributed by atoms with Crippen LogP contribution < -0.4 is 5.43 Å². The molecule has 0 atom stereocenters. The van der Waals surface area contributed by atoms with Gasteiger partial charge < -0.3 is 0 Å². The molecule has 0 saturated carbocycles. The molecule has 0 aromatic carbocycles. The SMILES string of the molecule is Cc1nc(-c2nccs2)ncc1C(=O)Nn1cc(CC(F)F)c2cccnc21. The molecule has 1 amide bonds. The second kappa shape index (κ2) is 7.39. The average molecular weight is 400 g/mol. The molecule has 0 aliphatic heterocycles. The number of thiazole rings is 1. The van der Waals surface area contributed by atoms with Crippen molar-refractivity contribution in [3.63, 3.8) is 0 Å². The number of hydrogen-bond donors (Lipinski definition) is 1. The fourth-order valence-corrected chi connectivity index (χ4v) is 3.41. The third-order valence-corrected chi connectivity index (χ3v) is 4.86. The summed E-state index contributed by atoms with van der Waals surface area (Å²) in [5.41, 5.74) is 4.22. The van der Waals surface area contributed by atoms with Crippen molar-refractivity contribution in [3.8, 4) is 10.8 Å². The van der Waals surface area contributed by atoms with Gasteiger partial charge in [-0.25, -0.2) is 33.4 Å². The summed E-state index contributed by atoms with van der Waals surface area (Å²) in [5.74, 6) is -0.0225. The Labute approximate surface area is 162 Å². The number of carbonyl (C=O) groups excluding carboxylic acids is 1. The molecule has 0 saturated heterocycles. The van der Waals surface area contributed by atoms with Crippen molar-refractivity contribution >= 4 is 28.3 Å². The summed E-state index contributed by atoms with van der Waals surface area (Å²) in [7, 11) is 0. The lowest BCUT2D eigenvalue weighted by Gasteiger charge is -2.09. The van der Waals surface area contributed by atoms with Crippen LogP contribution in [0.3, 0.4) is 0 Å². The van der Waals surface area contributed by atoms with Gasteiger partial charge in [-0.1, -0.05) is 0 Å². The minimum absolute atomic E-state index is 0.272. The lowest BCUT2D eigenvalue weighted by atomic mass is 10.2. The van der Waals surface area contributed by atoms with Crippen LogP contribution in [0.5, 0.6) is 0 Å². The number of alkyl halides is 2. The van der Waals surface area contributed by atoms with E-state index in [1.807, 2.05) is 5.38 Å². The zero-order valence-corrected chi connectivity index (χ0v) is 15.5. The molecule has 0 bridgehead atoms. The predicted molar refractivity (Wildman–Crippen MR) is 101 cm³/mol. The molecule has 4 aromatic rings. The largest absolute Gasteiger partial charge is 0.273 e. The van der Waals surface area contributed by atoms with Crippen molar-refractivity contribution in [2.45, 2.75) is 19.8 Å². The van der Waals surface area contributed by atoms with Crippen LogP contribution in [0.4, 0.5) is 8.78 Å². The molecule has 10 heteroatoms. The number of rotatable bonds is 5. The molecule has 4 rings (SSSR count). The van der Waals surface area contributed by atoms with E-state index in [9.17, 15) is 13.6 Å². The first-order valence-corrected chi connectivity index (χ1v) is 9.19. The lowest BCUT2D eigenvalue weighted by Crippen LogP contribution is -2.23. The Kier molecular flexibility index (Phi) is 4.78. The maximum absolute atomic E-state index is 12.9. The fourth-order valence-electron chi connectivity index (χ4n) is 2.84. The zero-order valence-electron chi connectivity index (χ0n) is 14.6. The number of halogens is 2. The van der Waals surface area contributed by atoms with E-state index in [0.29, 0.717) is 33.1 Å². The van der Waals surface area contributed by atoms with Crippen LogP contribution in [0, 0.1) is 6.92 Å². The first kappa shape index (κ1) is 18.1. The van der Waals surface area contributed by atoms with E-state index < -0.39 is 18.8 Å². The Morgan fingerprint density at radius 3 is 2.86 bits per heavy atom. The monoisotopic (exact) mass is 400 g/mol. The molecule has 0 unspecified atom stereocenters. The number of amides is 1. The Bertz CT molecular complexity index is 1140. The highest BCUT2D eigenvalue weighted by Crippen LogP contribution is 2.22. The van der Waals surface area contributed by atoms with Crippen molar-refractivity contribution in [3.05, 3.63) is 59.1 Å². The van der Waals surface area contributed by atoms with Crippen LogP contribution >= 0.6 is 11.3 Å². The zero-order chi connectivity index (χ0) is 19.7. The maximum atomic E-state index is 12.9. The van der Waals surface area contributed by atoms with E-state index in [1.165, 1.54) is 34.6 Å². The van der Waals surface area contributed by atoms with Gasteiger partial charge in [-0.3, -0.25) is 10.2 Å². The van der Waals surface area contributed by atoms with E-state index in [4.69, 9.17) is 0 Å². The minimum atomic E-state index is -2.50. The number of aryl methyl sites for hydroxylation is 1. The number of pyridine rings is 1. The molecule has 142 valence electrons. The fraction of sp³-hybridized carbons (Fsp3) is 0.167. The smallest absolute Gasteiger partial charge is 0.267 e. The third kappa shape index (κ3) is 3.46. The van der Waals surface area contributed by atoms with Crippen molar-refractivity contribution in [2.75, 3.05) is 5.43 Å². The van der Waals surface area contributed by atoms with Crippen LogP contribution in [0.25, 0.3) is 21.9 Å². The second-order valence-electron chi connectivity index (χ2n) is 5.96. The van der Waals surface area contributed by atoms with E-state index in [1.54, 1.807) is 25.3 Å². The topological polar surface area (TPSA) is 85.6 Å². The second-order valence-corrected chi connectivity index (χ2v) is 6.86. The van der Waals surface area contributed by atoms with Crippen molar-refractivity contribution in [2.24, 2.45) is 0 Å². The van der Waals surface area contributed by atoms with E-state index >= 15 is 0 Å². The highest BCUT2D eigenvalue weighted by molar-refractivity contribution is 7.12. The van der Waals surface area contributed by atoms with Gasteiger partial charge in [0.05, 0.1) is 11.3 Å². The number of fused-ring (bicyclic) bond motifs is 1. The molecule has 4 heterocycles. The molecule has 0 fully saturated rings. The summed E-state index contributed by atoms with van der Waals surface area (Å²) in [4.78, 5) is 29.6. The number of aromatic nitrogens is 5. The van der Waals surface area contributed by atoms with Gasteiger partial charge in [-0.05, 0) is 24.6 Å². The van der Waals surface area contributed by atoms with Gasteiger partial charge in [-0.2, -0.15) is 0 Å². The lowest BCUT2D eigenvalue weighted by molar-refractivity contribution is 0.101. The van der Waals surface area contributed by atoms with Crippen LogP contribution in [-0.2, 0) is 6.42 Å². The quantitative estimate of drug-likeness (QED) is 0.555. The summed E-state index contributed by atoms with van der Waals surface area (Å²) in [5, 5.41) is 3.04.